The van der Waals surface area contributed by atoms with Gasteiger partial charge < -0.3 is 20.3 Å². The minimum atomic E-state index is -0.294. The van der Waals surface area contributed by atoms with Gasteiger partial charge in [0.15, 0.2) is 5.82 Å². The van der Waals surface area contributed by atoms with Gasteiger partial charge in [0, 0.05) is 19.2 Å². The number of carbonyl (C=O) groups is 1. The van der Waals surface area contributed by atoms with Crippen LogP contribution in [0.1, 0.15) is 18.1 Å². The van der Waals surface area contributed by atoms with Crippen LogP contribution in [0.15, 0.2) is 54.7 Å². The van der Waals surface area contributed by atoms with Gasteiger partial charge in [0.1, 0.15) is 29.9 Å². The molecule has 0 radical (unpaired) electrons. The molecule has 8 heteroatoms. The lowest BCUT2D eigenvalue weighted by molar-refractivity contribution is -0.117. The fourth-order valence-electron chi connectivity index (χ4n) is 3.07. The summed E-state index contributed by atoms with van der Waals surface area (Å²) in [6.45, 7) is 2.52. The number of halogens is 1. The normalized spacial score (nSPS) is 15.4. The summed E-state index contributed by atoms with van der Waals surface area (Å²) in [6, 6.07) is 13.8. The Morgan fingerprint density at radius 3 is 2.73 bits per heavy atom. The first-order chi connectivity index (χ1) is 14.5. The fourth-order valence-corrected chi connectivity index (χ4v) is 3.07. The van der Waals surface area contributed by atoms with Gasteiger partial charge in [0.25, 0.3) is 0 Å². The van der Waals surface area contributed by atoms with Crippen LogP contribution in [-0.2, 0) is 17.9 Å². The summed E-state index contributed by atoms with van der Waals surface area (Å²) in [5.74, 6) is 1.47. The molecule has 1 amide bonds. The number of rotatable bonds is 6. The highest BCUT2D eigenvalue weighted by molar-refractivity contribution is 6.02. The molecule has 0 saturated carbocycles. The van der Waals surface area contributed by atoms with Crippen LogP contribution >= 0.6 is 0 Å². The van der Waals surface area contributed by atoms with E-state index in [9.17, 15) is 9.18 Å². The van der Waals surface area contributed by atoms with Crippen LogP contribution < -0.4 is 20.3 Å². The lowest BCUT2D eigenvalue weighted by atomic mass is 10.2. The summed E-state index contributed by atoms with van der Waals surface area (Å²) in [6.07, 6.45) is 1.60. The van der Waals surface area contributed by atoms with Crippen LogP contribution in [0.4, 0.5) is 21.8 Å². The lowest BCUT2D eigenvalue weighted by Gasteiger charge is -2.31. The van der Waals surface area contributed by atoms with Crippen molar-refractivity contribution in [2.24, 2.45) is 0 Å². The highest BCUT2D eigenvalue weighted by Gasteiger charge is 2.28. The molecule has 0 spiro atoms. The van der Waals surface area contributed by atoms with Crippen molar-refractivity contribution >= 4 is 23.4 Å². The Bertz CT molecular complexity index is 1060. The minimum Gasteiger partial charge on any atom is -0.489 e. The van der Waals surface area contributed by atoms with E-state index in [2.05, 4.69) is 20.6 Å². The molecule has 0 aliphatic carbocycles. The standard InChI is InChI=1S/C22H22FN5O2/c1-14-21(29)26-19-12-25-22(27-20(19)28(14)2)24-11-15-7-9-17(10-8-15)30-13-16-5-3-4-6-18(16)23/h3-10,12,14H,11,13H2,1-2H3,(H,26,29)(H,24,25,27)/t14-/m0/s1. The molecule has 1 aromatic heterocycles. The average Bonchev–Trinajstić information content (AvgIpc) is 2.76. The van der Waals surface area contributed by atoms with E-state index in [4.69, 9.17) is 4.74 Å². The minimum absolute atomic E-state index is 0.0772. The number of hydrogen-bond acceptors (Lipinski definition) is 6. The van der Waals surface area contributed by atoms with E-state index in [0.717, 1.165) is 5.56 Å². The second-order valence-corrected chi connectivity index (χ2v) is 7.08. The number of aromatic nitrogens is 2. The van der Waals surface area contributed by atoms with Gasteiger partial charge in [-0.15, -0.1) is 0 Å². The van der Waals surface area contributed by atoms with Crippen molar-refractivity contribution in [1.29, 1.82) is 0 Å². The number of benzene rings is 2. The number of amides is 1. The van der Waals surface area contributed by atoms with Crippen molar-refractivity contribution in [3.63, 3.8) is 0 Å². The van der Waals surface area contributed by atoms with Crippen LogP contribution in [0, 0.1) is 5.82 Å². The molecule has 4 rings (SSSR count). The Labute approximate surface area is 173 Å². The van der Waals surface area contributed by atoms with Crippen LogP contribution in [0.3, 0.4) is 0 Å². The van der Waals surface area contributed by atoms with Crippen LogP contribution in [0.2, 0.25) is 0 Å². The predicted octanol–water partition coefficient (Wildman–Crippen LogP) is 3.58. The molecule has 2 N–H and O–H groups in total. The van der Waals surface area contributed by atoms with Crippen LogP contribution in [-0.4, -0.2) is 29.0 Å². The van der Waals surface area contributed by atoms with E-state index in [0.29, 0.717) is 35.3 Å². The quantitative estimate of drug-likeness (QED) is 0.650. The molecule has 1 aliphatic rings. The van der Waals surface area contributed by atoms with Crippen molar-refractivity contribution in [2.45, 2.75) is 26.1 Å². The first-order valence-electron chi connectivity index (χ1n) is 9.61. The second kappa shape index (κ2) is 8.36. The molecular weight excluding hydrogens is 385 g/mol. The van der Waals surface area contributed by atoms with Crippen molar-refractivity contribution < 1.29 is 13.9 Å². The summed E-state index contributed by atoms with van der Waals surface area (Å²) in [4.78, 5) is 22.5. The Hall–Kier alpha value is -3.68. The van der Waals surface area contributed by atoms with E-state index in [1.807, 2.05) is 43.1 Å². The molecule has 3 aromatic rings. The zero-order valence-electron chi connectivity index (χ0n) is 16.7. The van der Waals surface area contributed by atoms with Crippen molar-refractivity contribution in [3.8, 4) is 5.75 Å². The van der Waals surface area contributed by atoms with Crippen LogP contribution in [0.25, 0.3) is 0 Å². The maximum atomic E-state index is 13.7. The smallest absolute Gasteiger partial charge is 0.246 e. The Morgan fingerprint density at radius 2 is 1.97 bits per heavy atom. The second-order valence-electron chi connectivity index (χ2n) is 7.08. The number of ether oxygens (including phenoxy) is 1. The average molecular weight is 407 g/mol. The fraction of sp³-hybridized carbons (Fsp3) is 0.227. The topological polar surface area (TPSA) is 79.4 Å². The van der Waals surface area contributed by atoms with Crippen molar-refractivity contribution in [2.75, 3.05) is 22.6 Å². The van der Waals surface area contributed by atoms with E-state index in [1.54, 1.807) is 24.4 Å². The molecule has 0 fully saturated rings. The summed E-state index contributed by atoms with van der Waals surface area (Å²) in [5, 5.41) is 5.99. The predicted molar refractivity (Wildman–Crippen MR) is 113 cm³/mol. The molecule has 30 heavy (non-hydrogen) atoms. The van der Waals surface area contributed by atoms with E-state index in [1.165, 1.54) is 6.07 Å². The van der Waals surface area contributed by atoms with Gasteiger partial charge in [-0.05, 0) is 30.7 Å². The monoisotopic (exact) mass is 407 g/mol. The molecular formula is C22H22FN5O2. The number of nitrogens with zero attached hydrogens (tertiary/aromatic N) is 3. The number of anilines is 3. The number of fused-ring (bicyclic) bond motifs is 1. The maximum absolute atomic E-state index is 13.7. The SMILES string of the molecule is C[C@H]1C(=O)Nc2cnc(NCc3ccc(OCc4ccccc4F)cc3)nc2N1C. The van der Waals surface area contributed by atoms with Crippen molar-refractivity contribution in [3.05, 3.63) is 71.7 Å². The molecule has 2 aromatic carbocycles. The van der Waals surface area contributed by atoms with Gasteiger partial charge in [-0.25, -0.2) is 9.37 Å². The van der Waals surface area contributed by atoms with E-state index < -0.39 is 0 Å². The largest absolute Gasteiger partial charge is 0.489 e. The highest BCUT2D eigenvalue weighted by atomic mass is 19.1. The summed E-state index contributed by atoms with van der Waals surface area (Å²) < 4.78 is 19.3. The van der Waals surface area contributed by atoms with Gasteiger partial charge >= 0.3 is 0 Å². The van der Waals surface area contributed by atoms with Gasteiger partial charge in [-0.3, -0.25) is 4.79 Å². The third-order valence-electron chi connectivity index (χ3n) is 5.05. The Kier molecular flexibility index (Phi) is 5.47. The molecule has 1 aliphatic heterocycles. The highest BCUT2D eigenvalue weighted by Crippen LogP contribution is 2.29. The molecule has 154 valence electrons. The van der Waals surface area contributed by atoms with Gasteiger partial charge in [0.2, 0.25) is 11.9 Å². The van der Waals surface area contributed by atoms with E-state index >= 15 is 0 Å². The first-order valence-corrected chi connectivity index (χ1v) is 9.61. The van der Waals surface area contributed by atoms with Crippen molar-refractivity contribution in [1.82, 2.24) is 9.97 Å². The lowest BCUT2D eigenvalue weighted by Crippen LogP contribution is -2.44. The maximum Gasteiger partial charge on any atom is 0.246 e. The van der Waals surface area contributed by atoms with E-state index in [-0.39, 0.29) is 24.4 Å². The zero-order chi connectivity index (χ0) is 21.1. The zero-order valence-corrected chi connectivity index (χ0v) is 16.7. The van der Waals surface area contributed by atoms with Gasteiger partial charge in [0.05, 0.1) is 6.20 Å². The molecule has 0 bridgehead atoms. The number of hydrogen-bond donors (Lipinski definition) is 2. The third-order valence-corrected chi connectivity index (χ3v) is 5.05. The number of nitrogens with one attached hydrogen (secondary N) is 2. The number of carbonyl (C=O) groups excluding carboxylic acids is 1. The third kappa shape index (κ3) is 4.17. The number of likely N-dealkylation sites (N-methyl/N-ethyl adjacent to an activating group) is 1. The van der Waals surface area contributed by atoms with Gasteiger partial charge in [-0.1, -0.05) is 30.3 Å². The molecule has 2 heterocycles. The summed E-state index contributed by atoms with van der Waals surface area (Å²) in [5.41, 5.74) is 2.13. The Morgan fingerprint density at radius 1 is 1.20 bits per heavy atom. The molecule has 0 unspecified atom stereocenters. The summed E-state index contributed by atoms with van der Waals surface area (Å²) >= 11 is 0. The van der Waals surface area contributed by atoms with Crippen LogP contribution in [0.5, 0.6) is 5.75 Å². The Balaban J connectivity index is 1.35. The molecule has 7 nitrogen and oxygen atoms in total. The molecule has 0 saturated heterocycles. The van der Waals surface area contributed by atoms with Gasteiger partial charge in [-0.2, -0.15) is 4.98 Å². The summed E-state index contributed by atoms with van der Waals surface area (Å²) in [7, 11) is 1.83. The first kappa shape index (κ1) is 19.6. The molecule has 1 atom stereocenters.